The average Bonchev–Trinajstić information content (AvgIpc) is 2.87. The van der Waals surface area contributed by atoms with Crippen molar-refractivity contribution < 1.29 is 19.4 Å². The quantitative estimate of drug-likeness (QED) is 0.769. The van der Waals surface area contributed by atoms with E-state index in [0.717, 1.165) is 25.9 Å². The van der Waals surface area contributed by atoms with Crippen molar-refractivity contribution in [2.75, 3.05) is 19.8 Å². The van der Waals surface area contributed by atoms with E-state index in [-0.39, 0.29) is 6.10 Å². The van der Waals surface area contributed by atoms with E-state index in [1.165, 1.54) is 0 Å². The molecule has 4 heteroatoms. The van der Waals surface area contributed by atoms with Crippen LogP contribution in [0.1, 0.15) is 32.1 Å². The second-order valence-electron chi connectivity index (χ2n) is 4.56. The number of rotatable bonds is 4. The van der Waals surface area contributed by atoms with Gasteiger partial charge in [-0.15, -0.1) is 0 Å². The van der Waals surface area contributed by atoms with Crippen LogP contribution in [-0.2, 0) is 14.3 Å². The number of hydrogen-bond acceptors (Lipinski definition) is 3. The molecule has 0 radical (unpaired) electrons. The number of aliphatic carboxylic acids is 1. The van der Waals surface area contributed by atoms with Crippen LogP contribution in [0.3, 0.4) is 0 Å². The highest BCUT2D eigenvalue weighted by atomic mass is 16.5. The van der Waals surface area contributed by atoms with Crippen LogP contribution < -0.4 is 0 Å². The van der Waals surface area contributed by atoms with Gasteiger partial charge in [0.25, 0.3) is 0 Å². The first-order valence-electron chi connectivity index (χ1n) is 5.66. The first-order chi connectivity index (χ1) is 7.23. The van der Waals surface area contributed by atoms with Gasteiger partial charge in [-0.3, -0.25) is 4.79 Å². The minimum atomic E-state index is -0.710. The van der Waals surface area contributed by atoms with Crippen LogP contribution >= 0.6 is 0 Å². The Labute approximate surface area is 89.6 Å². The molecular weight excluding hydrogens is 196 g/mol. The second kappa shape index (κ2) is 4.49. The number of carbonyl (C=O) groups is 1. The van der Waals surface area contributed by atoms with Crippen LogP contribution in [0.5, 0.6) is 0 Å². The summed E-state index contributed by atoms with van der Waals surface area (Å²) in [5.74, 6) is -0.710. The molecule has 0 aliphatic carbocycles. The van der Waals surface area contributed by atoms with Gasteiger partial charge in [-0.25, -0.2) is 0 Å². The lowest BCUT2D eigenvalue weighted by atomic mass is 9.81. The minimum absolute atomic E-state index is 0.279. The first-order valence-corrected chi connectivity index (χ1v) is 5.66. The molecule has 2 heterocycles. The third kappa shape index (κ3) is 2.32. The Morgan fingerprint density at radius 1 is 1.47 bits per heavy atom. The SMILES string of the molecule is O=C(O)C1(CCC2CCCO2)CCOC1. The molecule has 0 aromatic heterocycles. The van der Waals surface area contributed by atoms with E-state index in [1.807, 2.05) is 0 Å². The molecule has 2 aliphatic rings. The fourth-order valence-corrected chi connectivity index (χ4v) is 2.39. The van der Waals surface area contributed by atoms with Crippen molar-refractivity contribution in [3.8, 4) is 0 Å². The van der Waals surface area contributed by atoms with Gasteiger partial charge in [-0.05, 0) is 32.1 Å². The summed E-state index contributed by atoms with van der Waals surface area (Å²) < 4.78 is 10.7. The van der Waals surface area contributed by atoms with Crippen LogP contribution in [0.2, 0.25) is 0 Å². The zero-order valence-corrected chi connectivity index (χ0v) is 8.91. The molecule has 0 aromatic rings. The van der Waals surface area contributed by atoms with E-state index >= 15 is 0 Å². The van der Waals surface area contributed by atoms with Gasteiger partial charge in [0.15, 0.2) is 0 Å². The Morgan fingerprint density at radius 3 is 2.87 bits per heavy atom. The van der Waals surface area contributed by atoms with Gasteiger partial charge in [-0.1, -0.05) is 0 Å². The zero-order valence-electron chi connectivity index (χ0n) is 8.91. The van der Waals surface area contributed by atoms with Crippen LogP contribution in [0.25, 0.3) is 0 Å². The van der Waals surface area contributed by atoms with Crippen molar-refractivity contribution in [1.29, 1.82) is 0 Å². The van der Waals surface area contributed by atoms with Crippen molar-refractivity contribution in [2.24, 2.45) is 5.41 Å². The van der Waals surface area contributed by atoms with Gasteiger partial charge < -0.3 is 14.6 Å². The molecule has 2 atom stereocenters. The molecule has 2 saturated heterocycles. The maximum atomic E-state index is 11.2. The fourth-order valence-electron chi connectivity index (χ4n) is 2.39. The fraction of sp³-hybridized carbons (Fsp3) is 0.909. The number of carboxylic acids is 1. The molecule has 0 saturated carbocycles. The monoisotopic (exact) mass is 214 g/mol. The van der Waals surface area contributed by atoms with Crippen LogP contribution in [0.4, 0.5) is 0 Å². The summed E-state index contributed by atoms with van der Waals surface area (Å²) >= 11 is 0. The Kier molecular flexibility index (Phi) is 3.26. The molecule has 2 rings (SSSR count). The predicted molar refractivity (Wildman–Crippen MR) is 53.7 cm³/mol. The molecule has 2 aliphatic heterocycles. The summed E-state index contributed by atoms with van der Waals surface area (Å²) in [6.07, 6.45) is 4.66. The zero-order chi connectivity index (χ0) is 10.7. The highest BCUT2D eigenvalue weighted by Gasteiger charge is 2.42. The van der Waals surface area contributed by atoms with Gasteiger partial charge in [0.1, 0.15) is 0 Å². The second-order valence-corrected chi connectivity index (χ2v) is 4.56. The highest BCUT2D eigenvalue weighted by Crippen LogP contribution is 2.35. The van der Waals surface area contributed by atoms with Gasteiger partial charge in [0.05, 0.1) is 18.1 Å². The third-order valence-electron chi connectivity index (χ3n) is 3.53. The van der Waals surface area contributed by atoms with Gasteiger partial charge in [0.2, 0.25) is 0 Å². The largest absolute Gasteiger partial charge is 0.481 e. The van der Waals surface area contributed by atoms with Gasteiger partial charge in [-0.2, -0.15) is 0 Å². The molecule has 2 fully saturated rings. The van der Waals surface area contributed by atoms with Crippen molar-refractivity contribution in [3.63, 3.8) is 0 Å². The molecule has 2 unspecified atom stereocenters. The first kappa shape index (κ1) is 10.9. The summed E-state index contributed by atoms with van der Waals surface area (Å²) in [7, 11) is 0. The van der Waals surface area contributed by atoms with E-state index in [1.54, 1.807) is 0 Å². The Bertz CT molecular complexity index is 227. The van der Waals surface area contributed by atoms with Crippen LogP contribution in [0.15, 0.2) is 0 Å². The molecule has 4 nitrogen and oxygen atoms in total. The molecule has 15 heavy (non-hydrogen) atoms. The van der Waals surface area contributed by atoms with E-state index in [2.05, 4.69) is 0 Å². The van der Waals surface area contributed by atoms with Gasteiger partial charge >= 0.3 is 5.97 Å². The smallest absolute Gasteiger partial charge is 0.312 e. The maximum absolute atomic E-state index is 11.2. The minimum Gasteiger partial charge on any atom is -0.481 e. The highest BCUT2D eigenvalue weighted by molar-refractivity contribution is 5.75. The lowest BCUT2D eigenvalue weighted by molar-refractivity contribution is -0.149. The summed E-state index contributed by atoms with van der Waals surface area (Å²) in [6, 6.07) is 0. The van der Waals surface area contributed by atoms with E-state index < -0.39 is 11.4 Å². The third-order valence-corrected chi connectivity index (χ3v) is 3.53. The summed E-state index contributed by atoms with van der Waals surface area (Å²) in [6.45, 7) is 1.79. The van der Waals surface area contributed by atoms with Crippen molar-refractivity contribution in [3.05, 3.63) is 0 Å². The number of carboxylic acid groups (broad SMARTS) is 1. The Hall–Kier alpha value is -0.610. The Morgan fingerprint density at radius 2 is 2.33 bits per heavy atom. The summed E-state index contributed by atoms with van der Waals surface area (Å²) in [4.78, 5) is 11.2. The topological polar surface area (TPSA) is 55.8 Å². The molecule has 0 bridgehead atoms. The van der Waals surface area contributed by atoms with Crippen molar-refractivity contribution >= 4 is 5.97 Å². The van der Waals surface area contributed by atoms with E-state index in [4.69, 9.17) is 9.47 Å². The molecule has 86 valence electrons. The Balaban J connectivity index is 1.86. The molecule has 1 N–H and O–H groups in total. The lowest BCUT2D eigenvalue weighted by Crippen LogP contribution is -2.32. The molecule has 0 amide bonds. The summed E-state index contributed by atoms with van der Waals surface area (Å²) in [5, 5.41) is 9.22. The van der Waals surface area contributed by atoms with Gasteiger partial charge in [0, 0.05) is 13.2 Å². The van der Waals surface area contributed by atoms with Crippen LogP contribution in [0, 0.1) is 5.41 Å². The normalized spacial score (nSPS) is 35.9. The average molecular weight is 214 g/mol. The number of ether oxygens (including phenoxy) is 2. The molecular formula is C11H18O4. The predicted octanol–water partition coefficient (Wildman–Crippen LogP) is 1.44. The number of hydrogen-bond donors (Lipinski definition) is 1. The maximum Gasteiger partial charge on any atom is 0.312 e. The standard InChI is InChI=1S/C11H18O4/c12-10(13)11(5-7-14-8-11)4-3-9-2-1-6-15-9/h9H,1-8H2,(H,12,13). The van der Waals surface area contributed by atoms with E-state index in [9.17, 15) is 9.90 Å². The molecule has 0 spiro atoms. The van der Waals surface area contributed by atoms with Crippen molar-refractivity contribution in [1.82, 2.24) is 0 Å². The summed E-state index contributed by atoms with van der Waals surface area (Å²) in [5.41, 5.74) is -0.633. The van der Waals surface area contributed by atoms with Crippen molar-refractivity contribution in [2.45, 2.75) is 38.2 Å². The van der Waals surface area contributed by atoms with E-state index in [0.29, 0.717) is 26.1 Å². The van der Waals surface area contributed by atoms with Crippen LogP contribution in [-0.4, -0.2) is 37.0 Å². The lowest BCUT2D eigenvalue weighted by Gasteiger charge is -2.23. The molecule has 0 aromatic carbocycles.